The molecule has 6 nitrogen and oxygen atoms in total. The number of thiazole rings is 1. The second kappa shape index (κ2) is 6.42. The zero-order valence-electron chi connectivity index (χ0n) is 14.2. The third-order valence-corrected chi connectivity index (χ3v) is 6.37. The molecule has 0 spiro atoms. The number of likely N-dealkylation sites (tertiary alicyclic amines) is 1. The van der Waals surface area contributed by atoms with Gasteiger partial charge in [0.1, 0.15) is 4.83 Å². The molecule has 0 radical (unpaired) electrons. The lowest BCUT2D eigenvalue weighted by molar-refractivity contribution is -0.135. The van der Waals surface area contributed by atoms with Gasteiger partial charge in [-0.25, -0.2) is 4.98 Å². The van der Waals surface area contributed by atoms with Gasteiger partial charge in [-0.05, 0) is 18.9 Å². The van der Waals surface area contributed by atoms with E-state index in [9.17, 15) is 9.59 Å². The molecule has 1 N–H and O–H groups in total. The third kappa shape index (κ3) is 3.04. The van der Waals surface area contributed by atoms with Crippen LogP contribution in [-0.4, -0.2) is 45.2 Å². The monoisotopic (exact) mass is 376 g/mol. The molecule has 3 aromatic rings. The smallest absolute Gasteiger partial charge is 0.261 e. The van der Waals surface area contributed by atoms with Crippen LogP contribution in [0, 0.1) is 5.92 Å². The highest BCUT2D eigenvalue weighted by Gasteiger charge is 2.26. The Bertz CT molecular complexity index is 931. The van der Waals surface area contributed by atoms with E-state index in [1.165, 1.54) is 11.3 Å². The molecule has 1 aliphatic heterocycles. The van der Waals surface area contributed by atoms with Gasteiger partial charge in [0.2, 0.25) is 5.91 Å². The summed E-state index contributed by atoms with van der Waals surface area (Å²) in [5, 5.41) is 5.11. The Labute approximate surface area is 153 Å². The van der Waals surface area contributed by atoms with Crippen molar-refractivity contribution in [2.75, 3.05) is 13.1 Å². The van der Waals surface area contributed by atoms with Gasteiger partial charge in [-0.2, -0.15) is 0 Å². The van der Waals surface area contributed by atoms with E-state index in [1.807, 2.05) is 40.8 Å². The average molecular weight is 377 g/mol. The Hall–Kier alpha value is -1.93. The van der Waals surface area contributed by atoms with Gasteiger partial charge < -0.3 is 10.2 Å². The molecule has 8 heteroatoms. The maximum Gasteiger partial charge on any atom is 0.261 e. The van der Waals surface area contributed by atoms with Crippen molar-refractivity contribution < 1.29 is 9.59 Å². The number of aromatic nitrogens is 2. The summed E-state index contributed by atoms with van der Waals surface area (Å²) in [4.78, 5) is 33.6. The number of carbonyl (C=O) groups is 2. The van der Waals surface area contributed by atoms with Crippen LogP contribution in [0.3, 0.4) is 0 Å². The molecule has 1 aliphatic rings. The SMILES string of the molecule is CC(C)C(=O)N1CCC(NC(=O)c2cc3c(nc4sccn43)s2)CC1. The Morgan fingerprint density at radius 2 is 2.08 bits per heavy atom. The molecule has 2 amide bonds. The summed E-state index contributed by atoms with van der Waals surface area (Å²) in [5.41, 5.74) is 0.990. The van der Waals surface area contributed by atoms with Crippen molar-refractivity contribution in [2.24, 2.45) is 5.92 Å². The molecule has 0 aliphatic carbocycles. The molecule has 132 valence electrons. The summed E-state index contributed by atoms with van der Waals surface area (Å²) in [5.74, 6) is 0.188. The largest absolute Gasteiger partial charge is 0.348 e. The van der Waals surface area contributed by atoms with E-state index in [0.717, 1.165) is 28.1 Å². The summed E-state index contributed by atoms with van der Waals surface area (Å²) in [7, 11) is 0. The molecule has 4 heterocycles. The van der Waals surface area contributed by atoms with Crippen molar-refractivity contribution in [3.8, 4) is 0 Å². The quantitative estimate of drug-likeness (QED) is 0.764. The summed E-state index contributed by atoms with van der Waals surface area (Å²) in [6.07, 6.45) is 3.59. The number of carbonyl (C=O) groups excluding carboxylic acids is 2. The first-order chi connectivity index (χ1) is 12.0. The number of nitrogens with zero attached hydrogens (tertiary/aromatic N) is 3. The topological polar surface area (TPSA) is 66.7 Å². The van der Waals surface area contributed by atoms with Gasteiger partial charge in [0.25, 0.3) is 5.91 Å². The van der Waals surface area contributed by atoms with Crippen LogP contribution >= 0.6 is 22.7 Å². The fraction of sp³-hybridized carbons (Fsp3) is 0.471. The number of imidazole rings is 1. The van der Waals surface area contributed by atoms with Crippen LogP contribution in [0.5, 0.6) is 0 Å². The standard InChI is InChI=1S/C17H20N4O2S2/c1-10(2)16(23)20-5-3-11(4-6-20)18-14(22)13-9-12-15(25-13)19-17-21(12)7-8-24-17/h7-11H,3-6H2,1-2H3,(H,18,22). The molecule has 4 rings (SSSR count). The lowest BCUT2D eigenvalue weighted by atomic mass is 10.0. The Kier molecular flexibility index (Phi) is 4.24. The summed E-state index contributed by atoms with van der Waals surface area (Å²) >= 11 is 3.02. The van der Waals surface area contributed by atoms with Gasteiger partial charge >= 0.3 is 0 Å². The average Bonchev–Trinajstić information content (AvgIpc) is 3.26. The Morgan fingerprint density at radius 3 is 2.80 bits per heavy atom. The van der Waals surface area contributed by atoms with E-state index < -0.39 is 0 Å². The lowest BCUT2D eigenvalue weighted by Gasteiger charge is -2.33. The Morgan fingerprint density at radius 1 is 1.32 bits per heavy atom. The molecule has 1 fully saturated rings. The number of amides is 2. The van der Waals surface area contributed by atoms with Crippen LogP contribution in [0.2, 0.25) is 0 Å². The highest BCUT2D eigenvalue weighted by Crippen LogP contribution is 2.28. The fourth-order valence-electron chi connectivity index (χ4n) is 3.23. The number of fused-ring (bicyclic) bond motifs is 3. The van der Waals surface area contributed by atoms with Gasteiger partial charge in [-0.3, -0.25) is 14.0 Å². The molecular formula is C17H20N4O2S2. The van der Waals surface area contributed by atoms with Gasteiger partial charge in [0.15, 0.2) is 4.96 Å². The van der Waals surface area contributed by atoms with E-state index in [0.29, 0.717) is 18.0 Å². The molecule has 0 atom stereocenters. The first-order valence-electron chi connectivity index (χ1n) is 8.47. The van der Waals surface area contributed by atoms with E-state index in [4.69, 9.17) is 0 Å². The maximum absolute atomic E-state index is 12.6. The predicted octanol–water partition coefficient (Wildman–Crippen LogP) is 2.99. The number of hydrogen-bond donors (Lipinski definition) is 1. The van der Waals surface area contributed by atoms with E-state index in [2.05, 4.69) is 10.3 Å². The van der Waals surface area contributed by atoms with Crippen LogP contribution in [0.1, 0.15) is 36.4 Å². The molecule has 3 aromatic heterocycles. The number of thiophene rings is 1. The van der Waals surface area contributed by atoms with Gasteiger partial charge in [-0.15, -0.1) is 22.7 Å². The summed E-state index contributed by atoms with van der Waals surface area (Å²) in [6.45, 7) is 5.28. The molecule has 0 unspecified atom stereocenters. The molecule has 0 aromatic carbocycles. The molecule has 0 bridgehead atoms. The summed E-state index contributed by atoms with van der Waals surface area (Å²) < 4.78 is 2.02. The Balaban J connectivity index is 1.41. The fourth-order valence-corrected chi connectivity index (χ4v) is 4.93. The minimum Gasteiger partial charge on any atom is -0.348 e. The number of rotatable bonds is 3. The van der Waals surface area contributed by atoms with Crippen molar-refractivity contribution in [3.05, 3.63) is 22.5 Å². The first-order valence-corrected chi connectivity index (χ1v) is 10.2. The van der Waals surface area contributed by atoms with E-state index in [1.54, 1.807) is 11.3 Å². The van der Waals surface area contributed by atoms with Crippen molar-refractivity contribution >= 4 is 49.8 Å². The van der Waals surface area contributed by atoms with Crippen LogP contribution in [-0.2, 0) is 4.79 Å². The van der Waals surface area contributed by atoms with Gasteiger partial charge in [0.05, 0.1) is 10.4 Å². The minimum atomic E-state index is -0.0411. The number of nitrogens with one attached hydrogen (secondary N) is 1. The number of hydrogen-bond acceptors (Lipinski definition) is 5. The van der Waals surface area contributed by atoms with Crippen LogP contribution in [0.25, 0.3) is 15.3 Å². The van der Waals surface area contributed by atoms with Crippen molar-refractivity contribution in [1.29, 1.82) is 0 Å². The van der Waals surface area contributed by atoms with Crippen molar-refractivity contribution in [1.82, 2.24) is 19.6 Å². The third-order valence-electron chi connectivity index (χ3n) is 4.60. The number of piperidine rings is 1. The van der Waals surface area contributed by atoms with E-state index >= 15 is 0 Å². The summed E-state index contributed by atoms with van der Waals surface area (Å²) in [6, 6.07) is 2.04. The normalized spacial score (nSPS) is 16.2. The second-order valence-corrected chi connectivity index (χ2v) is 8.60. The molecule has 0 saturated carbocycles. The van der Waals surface area contributed by atoms with Gasteiger partial charge in [-0.1, -0.05) is 13.8 Å². The van der Waals surface area contributed by atoms with Crippen LogP contribution < -0.4 is 5.32 Å². The minimum absolute atomic E-state index is 0.0305. The second-order valence-electron chi connectivity index (χ2n) is 6.70. The zero-order chi connectivity index (χ0) is 17.6. The molecule has 25 heavy (non-hydrogen) atoms. The van der Waals surface area contributed by atoms with Crippen LogP contribution in [0.15, 0.2) is 17.6 Å². The molecular weight excluding hydrogens is 356 g/mol. The predicted molar refractivity (Wildman–Crippen MR) is 100 cm³/mol. The maximum atomic E-state index is 12.6. The highest BCUT2D eigenvalue weighted by molar-refractivity contribution is 7.21. The van der Waals surface area contributed by atoms with Crippen LogP contribution in [0.4, 0.5) is 0 Å². The van der Waals surface area contributed by atoms with Crippen molar-refractivity contribution in [2.45, 2.75) is 32.7 Å². The first kappa shape index (κ1) is 16.5. The zero-order valence-corrected chi connectivity index (χ0v) is 15.8. The highest BCUT2D eigenvalue weighted by atomic mass is 32.1. The lowest BCUT2D eigenvalue weighted by Crippen LogP contribution is -2.47. The van der Waals surface area contributed by atoms with Gasteiger partial charge in [0, 0.05) is 36.6 Å². The van der Waals surface area contributed by atoms with E-state index in [-0.39, 0.29) is 23.8 Å². The molecule has 1 saturated heterocycles. The van der Waals surface area contributed by atoms with Crippen molar-refractivity contribution in [3.63, 3.8) is 0 Å².